The van der Waals surface area contributed by atoms with E-state index >= 15 is 0 Å². The number of rotatable bonds is 4. The van der Waals surface area contributed by atoms with Crippen molar-refractivity contribution < 1.29 is 0 Å². The maximum Gasteiger partial charge on any atom is -0.0167 e. The van der Waals surface area contributed by atoms with Gasteiger partial charge in [0.1, 0.15) is 0 Å². The Bertz CT molecular complexity index is 114. The summed E-state index contributed by atoms with van der Waals surface area (Å²) in [6.45, 7) is 11.6. The van der Waals surface area contributed by atoms with Gasteiger partial charge in [0.2, 0.25) is 0 Å². The van der Waals surface area contributed by atoms with E-state index in [0.29, 0.717) is 10.3 Å². The van der Waals surface area contributed by atoms with Crippen LogP contribution in [0.15, 0.2) is 0 Å². The molecule has 0 aromatic heterocycles. The third-order valence-corrected chi connectivity index (χ3v) is 5.16. The Morgan fingerprint density at radius 3 is 1.33 bits per heavy atom. The summed E-state index contributed by atoms with van der Waals surface area (Å²) < 4.78 is 0. The molecule has 0 rings (SSSR count). The molecular weight excluding hydrogens is 201 g/mol. The molecule has 0 aromatic carbocycles. The van der Waals surface area contributed by atoms with Crippen LogP contribution in [0.5, 0.6) is 0 Å². The maximum atomic E-state index is 2.94. The molecule has 0 heterocycles. The van der Waals surface area contributed by atoms with Gasteiger partial charge in [-0.15, -0.1) is 26.4 Å². The van der Waals surface area contributed by atoms with E-state index in [2.05, 4.69) is 52.8 Å². The molecular formula is C9H23P3. The maximum absolute atomic E-state index is 2.94. The van der Waals surface area contributed by atoms with E-state index in [0.717, 1.165) is 0 Å². The molecule has 0 saturated heterocycles. The lowest BCUT2D eigenvalue weighted by Crippen LogP contribution is -2.20. The van der Waals surface area contributed by atoms with Gasteiger partial charge in [0.05, 0.1) is 0 Å². The predicted molar refractivity (Wildman–Crippen MR) is 70.2 cm³/mol. The van der Waals surface area contributed by atoms with Gasteiger partial charge < -0.3 is 0 Å². The van der Waals surface area contributed by atoms with E-state index in [1.165, 1.54) is 12.3 Å². The second-order valence-corrected chi connectivity index (χ2v) is 10.6. The fourth-order valence-corrected chi connectivity index (χ4v) is 6.21. The van der Waals surface area contributed by atoms with Crippen LogP contribution in [0.4, 0.5) is 0 Å². The highest BCUT2D eigenvalue weighted by Gasteiger charge is 2.20. The summed E-state index contributed by atoms with van der Waals surface area (Å²) >= 11 is 0. The highest BCUT2D eigenvalue weighted by atomic mass is 31.1. The minimum atomic E-state index is 0.202. The van der Waals surface area contributed by atoms with Crippen molar-refractivity contribution in [1.29, 1.82) is 0 Å². The van der Waals surface area contributed by atoms with Crippen molar-refractivity contribution >= 4 is 26.4 Å². The van der Waals surface area contributed by atoms with Crippen molar-refractivity contribution in [3.05, 3.63) is 0 Å². The molecule has 0 aromatic rings. The monoisotopic (exact) mass is 224 g/mol. The van der Waals surface area contributed by atoms with Crippen molar-refractivity contribution in [2.24, 2.45) is 0 Å². The summed E-state index contributed by atoms with van der Waals surface area (Å²) in [5, 5.41) is 0.854. The van der Waals surface area contributed by atoms with E-state index in [9.17, 15) is 0 Å². The topological polar surface area (TPSA) is 0 Å². The Hall–Kier alpha value is 1.29. The number of hydrogen-bond acceptors (Lipinski definition) is 0. The first-order valence-electron chi connectivity index (χ1n) is 4.36. The molecule has 74 valence electrons. The molecule has 2 unspecified atom stereocenters. The van der Waals surface area contributed by atoms with Crippen LogP contribution in [-0.2, 0) is 0 Å². The van der Waals surface area contributed by atoms with Gasteiger partial charge in [0, 0.05) is 0 Å². The summed E-state index contributed by atoms with van der Waals surface area (Å²) in [5.74, 6) is 0. The summed E-state index contributed by atoms with van der Waals surface area (Å²) in [6, 6.07) is 0. The molecule has 0 aliphatic carbocycles. The lowest BCUT2D eigenvalue weighted by Gasteiger charge is -2.28. The summed E-state index contributed by atoms with van der Waals surface area (Å²) in [7, 11) is 6.08. The van der Waals surface area contributed by atoms with Crippen LogP contribution in [0.2, 0.25) is 0 Å². The Labute approximate surface area is 83.8 Å². The second kappa shape index (κ2) is 4.68. The molecule has 0 aliphatic heterocycles. The van der Waals surface area contributed by atoms with Crippen LogP contribution in [0, 0.1) is 0 Å². The Morgan fingerprint density at radius 1 is 0.917 bits per heavy atom. The van der Waals surface area contributed by atoms with Crippen molar-refractivity contribution in [2.45, 2.75) is 38.0 Å². The molecule has 2 atom stereocenters. The van der Waals surface area contributed by atoms with E-state index in [1.807, 2.05) is 0 Å². The number of hydrogen-bond donors (Lipinski definition) is 0. The first kappa shape index (κ1) is 13.3. The fourth-order valence-electron chi connectivity index (χ4n) is 1.45. The van der Waals surface area contributed by atoms with Crippen molar-refractivity contribution in [3.63, 3.8) is 0 Å². The minimum absolute atomic E-state index is 0.202. The van der Waals surface area contributed by atoms with E-state index in [1.54, 1.807) is 0 Å². The Morgan fingerprint density at radius 2 is 1.17 bits per heavy atom. The molecule has 0 nitrogen and oxygen atoms in total. The molecule has 0 saturated carbocycles. The lowest BCUT2D eigenvalue weighted by molar-refractivity contribution is 0.786. The normalized spacial score (nSPS) is 14.0. The molecule has 3 heteroatoms. The smallest absolute Gasteiger partial charge is 0.0167 e. The summed E-state index contributed by atoms with van der Waals surface area (Å²) in [5.41, 5.74) is 0. The van der Waals surface area contributed by atoms with Gasteiger partial charge in [-0.25, -0.2) is 0 Å². The average Bonchev–Trinajstić information content (AvgIpc) is 1.49. The van der Waals surface area contributed by atoms with Crippen LogP contribution in [0.25, 0.3) is 0 Å². The molecule has 0 fully saturated rings. The van der Waals surface area contributed by atoms with Crippen molar-refractivity contribution in [2.75, 3.05) is 19.0 Å². The molecule has 0 amide bonds. The first-order chi connectivity index (χ1) is 5.10. The van der Waals surface area contributed by atoms with E-state index in [-0.39, 0.29) is 7.92 Å². The molecule has 0 N–H and O–H groups in total. The zero-order valence-electron chi connectivity index (χ0n) is 9.02. The van der Waals surface area contributed by atoms with Crippen LogP contribution in [-0.4, -0.2) is 29.3 Å². The van der Waals surface area contributed by atoms with Crippen LogP contribution < -0.4 is 0 Å². The zero-order chi connectivity index (χ0) is 9.99. The van der Waals surface area contributed by atoms with E-state index < -0.39 is 0 Å². The second-order valence-electron chi connectivity index (χ2n) is 5.15. The van der Waals surface area contributed by atoms with Crippen LogP contribution >= 0.6 is 26.4 Å². The van der Waals surface area contributed by atoms with Gasteiger partial charge in [-0.1, -0.05) is 27.7 Å². The summed E-state index contributed by atoms with van der Waals surface area (Å²) in [6.07, 6.45) is 2.70. The SMILES string of the molecule is CP(CC(C)(C)P)CC(C)(C)P. The quantitative estimate of drug-likeness (QED) is 0.642. The molecule has 12 heavy (non-hydrogen) atoms. The van der Waals surface area contributed by atoms with Gasteiger partial charge in [-0.05, 0) is 29.3 Å². The van der Waals surface area contributed by atoms with Gasteiger partial charge >= 0.3 is 0 Å². The molecule has 0 spiro atoms. The van der Waals surface area contributed by atoms with Crippen LogP contribution in [0.1, 0.15) is 27.7 Å². The fraction of sp³-hybridized carbons (Fsp3) is 1.00. The third-order valence-electron chi connectivity index (χ3n) is 1.35. The summed E-state index contributed by atoms with van der Waals surface area (Å²) in [4.78, 5) is 0. The third kappa shape index (κ3) is 9.38. The highest BCUT2D eigenvalue weighted by molar-refractivity contribution is 7.58. The van der Waals surface area contributed by atoms with Crippen LogP contribution in [0.3, 0.4) is 0 Å². The van der Waals surface area contributed by atoms with Crippen molar-refractivity contribution in [1.82, 2.24) is 0 Å². The zero-order valence-corrected chi connectivity index (χ0v) is 12.2. The highest BCUT2D eigenvalue weighted by Crippen LogP contribution is 2.42. The van der Waals surface area contributed by atoms with Crippen molar-refractivity contribution in [3.8, 4) is 0 Å². The predicted octanol–water partition coefficient (Wildman–Crippen LogP) is 3.41. The van der Waals surface area contributed by atoms with Gasteiger partial charge in [0.15, 0.2) is 0 Å². The average molecular weight is 224 g/mol. The van der Waals surface area contributed by atoms with Gasteiger partial charge in [-0.2, -0.15) is 0 Å². The molecule has 0 radical (unpaired) electrons. The molecule has 0 bridgehead atoms. The first-order valence-corrected chi connectivity index (χ1v) is 7.68. The molecule has 0 aliphatic rings. The largest absolute Gasteiger partial charge is 0.131 e. The van der Waals surface area contributed by atoms with E-state index in [4.69, 9.17) is 0 Å². The van der Waals surface area contributed by atoms with Gasteiger partial charge in [-0.3, -0.25) is 0 Å². The Balaban J connectivity index is 3.83. The minimum Gasteiger partial charge on any atom is -0.131 e. The Kier molecular flexibility index (Phi) is 5.19. The standard InChI is InChI=1S/C9H23P3/c1-8(2,10)6-12(5)7-9(3,4)11/h6-7,10-11H2,1-5H3. The van der Waals surface area contributed by atoms with Gasteiger partial charge in [0.25, 0.3) is 0 Å². The lowest BCUT2D eigenvalue weighted by atomic mass is 10.2.